The van der Waals surface area contributed by atoms with Gasteiger partial charge in [0, 0.05) is 18.4 Å². The number of carbonyl (C=O) groups is 2. The first-order valence-electron chi connectivity index (χ1n) is 9.24. The molecule has 0 spiro atoms. The Balaban J connectivity index is 1.36. The number of amides is 2. The van der Waals surface area contributed by atoms with Gasteiger partial charge in [-0.2, -0.15) is 0 Å². The second kappa shape index (κ2) is 8.83. The summed E-state index contributed by atoms with van der Waals surface area (Å²) in [7, 11) is 0. The van der Waals surface area contributed by atoms with Gasteiger partial charge >= 0.3 is 0 Å². The molecule has 0 saturated heterocycles. The summed E-state index contributed by atoms with van der Waals surface area (Å²) >= 11 is 1.30. The van der Waals surface area contributed by atoms with E-state index in [0.717, 1.165) is 5.56 Å². The lowest BCUT2D eigenvalue weighted by molar-refractivity contribution is -0.119. The van der Waals surface area contributed by atoms with Gasteiger partial charge in [-0.05, 0) is 35.9 Å². The molecule has 1 aromatic carbocycles. The van der Waals surface area contributed by atoms with Crippen LogP contribution in [0.25, 0.3) is 17.5 Å². The molecular weight excluding hydrogens is 406 g/mol. The van der Waals surface area contributed by atoms with E-state index in [0.29, 0.717) is 53.6 Å². The summed E-state index contributed by atoms with van der Waals surface area (Å²) in [5.41, 5.74) is 1.44. The van der Waals surface area contributed by atoms with E-state index in [2.05, 4.69) is 15.6 Å². The molecule has 2 aromatic heterocycles. The first-order chi connectivity index (χ1) is 14.6. The standard InChI is InChI=1S/C21H19N3O5S/c1-13(25)22-11-15-4-6-17(29-15)16-12-30-21(23-16)24-20(26)7-3-14-2-5-18-19(10-14)28-9-8-27-18/h2-7,10,12H,8-9,11H2,1H3,(H,22,25)(H,23,24,26)/b7-3+. The van der Waals surface area contributed by atoms with Crippen LogP contribution in [0.3, 0.4) is 0 Å². The molecule has 0 atom stereocenters. The van der Waals surface area contributed by atoms with Crippen molar-refractivity contribution in [2.45, 2.75) is 13.5 Å². The van der Waals surface area contributed by atoms with Gasteiger partial charge in [-0.1, -0.05) is 6.07 Å². The third kappa shape index (κ3) is 4.87. The second-order valence-electron chi connectivity index (χ2n) is 6.44. The van der Waals surface area contributed by atoms with Crippen molar-refractivity contribution >= 4 is 34.4 Å². The smallest absolute Gasteiger partial charge is 0.250 e. The van der Waals surface area contributed by atoms with Gasteiger partial charge in [0.2, 0.25) is 11.8 Å². The third-order valence-electron chi connectivity index (χ3n) is 4.15. The molecule has 4 rings (SSSR count). The number of ether oxygens (including phenoxy) is 2. The zero-order valence-electron chi connectivity index (χ0n) is 16.1. The van der Waals surface area contributed by atoms with Gasteiger partial charge in [0.05, 0.1) is 6.54 Å². The van der Waals surface area contributed by atoms with Crippen LogP contribution in [-0.2, 0) is 16.1 Å². The number of carbonyl (C=O) groups excluding carboxylic acids is 2. The number of furan rings is 1. The zero-order chi connectivity index (χ0) is 20.9. The molecule has 0 bridgehead atoms. The maximum absolute atomic E-state index is 12.2. The molecule has 0 saturated carbocycles. The highest BCUT2D eigenvalue weighted by Gasteiger charge is 2.12. The van der Waals surface area contributed by atoms with E-state index in [-0.39, 0.29) is 11.8 Å². The van der Waals surface area contributed by atoms with Crippen LogP contribution in [0.2, 0.25) is 0 Å². The number of anilines is 1. The van der Waals surface area contributed by atoms with Crippen LogP contribution in [0.1, 0.15) is 18.2 Å². The maximum Gasteiger partial charge on any atom is 0.250 e. The summed E-state index contributed by atoms with van der Waals surface area (Å²) in [6, 6.07) is 9.06. The molecule has 1 aliphatic rings. The molecule has 2 amide bonds. The second-order valence-corrected chi connectivity index (χ2v) is 7.30. The highest BCUT2D eigenvalue weighted by molar-refractivity contribution is 7.14. The number of fused-ring (bicyclic) bond motifs is 1. The summed E-state index contributed by atoms with van der Waals surface area (Å²) in [6.07, 6.45) is 3.13. The van der Waals surface area contributed by atoms with Crippen molar-refractivity contribution in [2.75, 3.05) is 18.5 Å². The molecule has 154 valence electrons. The maximum atomic E-state index is 12.2. The van der Waals surface area contributed by atoms with E-state index in [1.807, 2.05) is 18.2 Å². The average molecular weight is 425 g/mol. The quantitative estimate of drug-likeness (QED) is 0.587. The lowest BCUT2D eigenvalue weighted by Gasteiger charge is -2.18. The largest absolute Gasteiger partial charge is 0.486 e. The van der Waals surface area contributed by atoms with E-state index in [9.17, 15) is 9.59 Å². The van der Waals surface area contributed by atoms with Crippen molar-refractivity contribution in [3.05, 3.63) is 53.1 Å². The average Bonchev–Trinajstić information content (AvgIpc) is 3.40. The van der Waals surface area contributed by atoms with Gasteiger partial charge in [0.15, 0.2) is 22.4 Å². The molecule has 0 aliphatic carbocycles. The van der Waals surface area contributed by atoms with Crippen LogP contribution >= 0.6 is 11.3 Å². The van der Waals surface area contributed by atoms with Crippen LogP contribution < -0.4 is 20.1 Å². The van der Waals surface area contributed by atoms with Crippen molar-refractivity contribution in [2.24, 2.45) is 0 Å². The number of nitrogens with zero attached hydrogens (tertiary/aromatic N) is 1. The monoisotopic (exact) mass is 425 g/mol. The fraction of sp³-hybridized carbons (Fsp3) is 0.190. The Hall–Kier alpha value is -3.59. The summed E-state index contributed by atoms with van der Waals surface area (Å²) in [6.45, 7) is 2.81. The summed E-state index contributed by atoms with van der Waals surface area (Å²) in [4.78, 5) is 27.6. The minimum atomic E-state index is -0.295. The highest BCUT2D eigenvalue weighted by Crippen LogP contribution is 2.31. The van der Waals surface area contributed by atoms with E-state index in [4.69, 9.17) is 13.9 Å². The van der Waals surface area contributed by atoms with Crippen molar-refractivity contribution in [1.82, 2.24) is 10.3 Å². The normalized spacial score (nSPS) is 12.7. The molecule has 1 aliphatic heterocycles. The van der Waals surface area contributed by atoms with Gasteiger partial charge in [0.25, 0.3) is 0 Å². The van der Waals surface area contributed by atoms with Crippen molar-refractivity contribution in [3.8, 4) is 23.0 Å². The molecule has 0 fully saturated rings. The predicted molar refractivity (Wildman–Crippen MR) is 112 cm³/mol. The first kappa shape index (κ1) is 19.7. The molecular formula is C21H19N3O5S. The predicted octanol–water partition coefficient (Wildman–Crippen LogP) is 3.46. The molecule has 0 unspecified atom stereocenters. The number of nitrogens with one attached hydrogen (secondary N) is 2. The zero-order valence-corrected chi connectivity index (χ0v) is 17.0. The van der Waals surface area contributed by atoms with Crippen LogP contribution in [0.5, 0.6) is 11.5 Å². The van der Waals surface area contributed by atoms with Crippen LogP contribution in [0.4, 0.5) is 5.13 Å². The number of hydrogen-bond acceptors (Lipinski definition) is 7. The molecule has 2 N–H and O–H groups in total. The minimum Gasteiger partial charge on any atom is -0.486 e. The van der Waals surface area contributed by atoms with Crippen molar-refractivity contribution < 1.29 is 23.5 Å². The fourth-order valence-electron chi connectivity index (χ4n) is 2.75. The van der Waals surface area contributed by atoms with Crippen LogP contribution in [0.15, 0.2) is 46.2 Å². The van der Waals surface area contributed by atoms with Crippen molar-refractivity contribution in [3.63, 3.8) is 0 Å². The number of benzene rings is 1. The van der Waals surface area contributed by atoms with E-state index < -0.39 is 0 Å². The Kier molecular flexibility index (Phi) is 5.80. The molecule has 0 radical (unpaired) electrons. The summed E-state index contributed by atoms with van der Waals surface area (Å²) < 4.78 is 16.7. The highest BCUT2D eigenvalue weighted by atomic mass is 32.1. The number of thiazole rings is 1. The topological polar surface area (TPSA) is 103 Å². The van der Waals surface area contributed by atoms with Gasteiger partial charge in [0.1, 0.15) is 24.7 Å². The Morgan fingerprint density at radius 3 is 2.83 bits per heavy atom. The van der Waals surface area contributed by atoms with Gasteiger partial charge < -0.3 is 19.2 Å². The SMILES string of the molecule is CC(=O)NCc1ccc(-c2csc(NC(=O)/C=C/c3ccc4c(c3)OCCO4)n2)o1. The van der Waals surface area contributed by atoms with E-state index >= 15 is 0 Å². The molecule has 9 heteroatoms. The number of hydrogen-bond donors (Lipinski definition) is 2. The minimum absolute atomic E-state index is 0.129. The Labute approximate surface area is 176 Å². The fourth-order valence-corrected chi connectivity index (χ4v) is 3.45. The summed E-state index contributed by atoms with van der Waals surface area (Å²) in [5, 5.41) is 7.66. The van der Waals surface area contributed by atoms with E-state index in [1.165, 1.54) is 24.3 Å². The lowest BCUT2D eigenvalue weighted by atomic mass is 10.2. The Morgan fingerprint density at radius 1 is 1.17 bits per heavy atom. The Bertz CT molecular complexity index is 1100. The van der Waals surface area contributed by atoms with Crippen LogP contribution in [-0.4, -0.2) is 30.0 Å². The summed E-state index contributed by atoms with van der Waals surface area (Å²) in [5.74, 6) is 2.15. The third-order valence-corrected chi connectivity index (χ3v) is 4.91. The molecule has 3 aromatic rings. The first-order valence-corrected chi connectivity index (χ1v) is 10.1. The van der Waals surface area contributed by atoms with Gasteiger partial charge in [-0.25, -0.2) is 4.98 Å². The van der Waals surface area contributed by atoms with Crippen LogP contribution in [0, 0.1) is 0 Å². The van der Waals surface area contributed by atoms with Crippen molar-refractivity contribution in [1.29, 1.82) is 0 Å². The molecule has 3 heterocycles. The van der Waals surface area contributed by atoms with E-state index in [1.54, 1.807) is 23.6 Å². The Morgan fingerprint density at radius 2 is 2.00 bits per heavy atom. The lowest BCUT2D eigenvalue weighted by Crippen LogP contribution is -2.18. The number of rotatable bonds is 6. The number of aromatic nitrogens is 1. The molecule has 8 nitrogen and oxygen atoms in total. The van der Waals surface area contributed by atoms with Gasteiger partial charge in [-0.15, -0.1) is 11.3 Å². The molecule has 30 heavy (non-hydrogen) atoms. The van der Waals surface area contributed by atoms with Gasteiger partial charge in [-0.3, -0.25) is 14.9 Å².